The van der Waals surface area contributed by atoms with Gasteiger partial charge in [0.05, 0.1) is 34.9 Å². The van der Waals surface area contributed by atoms with Crippen molar-refractivity contribution in [2.24, 2.45) is 0 Å². The number of fused-ring (bicyclic) bond motifs is 1. The lowest BCUT2D eigenvalue weighted by Gasteiger charge is -2.30. The first-order valence-corrected chi connectivity index (χ1v) is 11.7. The Morgan fingerprint density at radius 1 is 1.06 bits per heavy atom. The molecule has 0 bridgehead atoms. The van der Waals surface area contributed by atoms with Gasteiger partial charge in [0.15, 0.2) is 0 Å². The summed E-state index contributed by atoms with van der Waals surface area (Å²) in [6.07, 6.45) is 0. The van der Waals surface area contributed by atoms with Crippen LogP contribution >= 0.6 is 15.9 Å². The molecule has 0 saturated carbocycles. The number of carbonyl (C=O) groups excluding carboxylic acids is 1. The molecule has 34 heavy (non-hydrogen) atoms. The van der Waals surface area contributed by atoms with Crippen LogP contribution in [-0.4, -0.2) is 40.7 Å². The molecule has 3 aromatic carbocycles. The summed E-state index contributed by atoms with van der Waals surface area (Å²) in [6.45, 7) is 2.51. The SMILES string of the molecule is COCCN(C(=O)Nc1ccccc1Br)C(C)c1nc2ccccc2c(=O)n1-c1ccccc1. The van der Waals surface area contributed by atoms with Crippen molar-refractivity contribution in [2.45, 2.75) is 13.0 Å². The number of anilines is 1. The number of aromatic nitrogens is 2. The van der Waals surface area contributed by atoms with E-state index in [1.54, 1.807) is 22.6 Å². The topological polar surface area (TPSA) is 76.5 Å². The predicted molar refractivity (Wildman–Crippen MR) is 137 cm³/mol. The number of urea groups is 1. The second kappa shape index (κ2) is 10.6. The third kappa shape index (κ3) is 4.88. The number of ether oxygens (including phenoxy) is 1. The maximum Gasteiger partial charge on any atom is 0.322 e. The van der Waals surface area contributed by atoms with Gasteiger partial charge in [-0.3, -0.25) is 9.36 Å². The first-order valence-electron chi connectivity index (χ1n) is 10.9. The van der Waals surface area contributed by atoms with Crippen molar-refractivity contribution in [1.82, 2.24) is 14.5 Å². The summed E-state index contributed by atoms with van der Waals surface area (Å²) in [7, 11) is 1.59. The number of carbonyl (C=O) groups is 1. The van der Waals surface area contributed by atoms with Gasteiger partial charge in [-0.1, -0.05) is 42.5 Å². The lowest BCUT2D eigenvalue weighted by molar-refractivity contribution is 0.137. The molecule has 174 valence electrons. The zero-order valence-electron chi connectivity index (χ0n) is 18.9. The van der Waals surface area contributed by atoms with E-state index >= 15 is 0 Å². The predicted octanol–water partition coefficient (Wildman–Crippen LogP) is 5.39. The van der Waals surface area contributed by atoms with Crippen LogP contribution in [-0.2, 0) is 4.74 Å². The second-order valence-corrected chi connectivity index (χ2v) is 8.59. The molecule has 0 aliphatic rings. The lowest BCUT2D eigenvalue weighted by atomic mass is 10.2. The van der Waals surface area contributed by atoms with Gasteiger partial charge in [0, 0.05) is 18.1 Å². The summed E-state index contributed by atoms with van der Waals surface area (Å²) in [5.41, 5.74) is 1.73. The van der Waals surface area contributed by atoms with Gasteiger partial charge in [-0.25, -0.2) is 9.78 Å². The van der Waals surface area contributed by atoms with Crippen LogP contribution < -0.4 is 10.9 Å². The summed E-state index contributed by atoms with van der Waals surface area (Å²) in [4.78, 5) is 33.4. The van der Waals surface area contributed by atoms with Crippen molar-refractivity contribution in [1.29, 1.82) is 0 Å². The van der Waals surface area contributed by atoms with Crippen LogP contribution in [0, 0.1) is 0 Å². The number of para-hydroxylation sites is 3. The van der Waals surface area contributed by atoms with Crippen LogP contribution in [0.4, 0.5) is 10.5 Å². The zero-order valence-corrected chi connectivity index (χ0v) is 20.5. The highest BCUT2D eigenvalue weighted by Crippen LogP contribution is 2.26. The zero-order chi connectivity index (χ0) is 24.1. The lowest BCUT2D eigenvalue weighted by Crippen LogP contribution is -2.41. The first-order chi connectivity index (χ1) is 16.5. The number of halogens is 1. The number of amides is 2. The summed E-state index contributed by atoms with van der Waals surface area (Å²) in [5, 5.41) is 3.47. The Morgan fingerprint density at radius 2 is 1.74 bits per heavy atom. The van der Waals surface area contributed by atoms with Crippen molar-refractivity contribution in [2.75, 3.05) is 25.6 Å². The molecule has 4 aromatic rings. The average Bonchev–Trinajstić information content (AvgIpc) is 2.86. The molecule has 4 rings (SSSR count). The van der Waals surface area contributed by atoms with Gasteiger partial charge < -0.3 is 15.0 Å². The average molecular weight is 521 g/mol. The molecular formula is C26H25BrN4O3. The molecule has 8 heteroatoms. The van der Waals surface area contributed by atoms with Gasteiger partial charge in [-0.2, -0.15) is 0 Å². The molecule has 1 heterocycles. The molecule has 2 amide bonds. The summed E-state index contributed by atoms with van der Waals surface area (Å²) in [5.74, 6) is 0.466. The van der Waals surface area contributed by atoms with E-state index < -0.39 is 6.04 Å². The number of nitrogens with zero attached hydrogens (tertiary/aromatic N) is 3. The number of hydrogen-bond donors (Lipinski definition) is 1. The molecule has 1 unspecified atom stereocenters. The Kier molecular flexibility index (Phi) is 7.40. The third-order valence-electron chi connectivity index (χ3n) is 5.57. The largest absolute Gasteiger partial charge is 0.383 e. The summed E-state index contributed by atoms with van der Waals surface area (Å²) < 4.78 is 7.62. The molecule has 0 radical (unpaired) electrons. The molecule has 0 fully saturated rings. The number of hydrogen-bond acceptors (Lipinski definition) is 4. The van der Waals surface area contributed by atoms with E-state index in [2.05, 4.69) is 21.2 Å². The molecule has 1 aromatic heterocycles. The highest BCUT2D eigenvalue weighted by atomic mass is 79.9. The van der Waals surface area contributed by atoms with E-state index in [0.717, 1.165) is 4.47 Å². The molecule has 0 spiro atoms. The van der Waals surface area contributed by atoms with E-state index in [-0.39, 0.29) is 11.6 Å². The summed E-state index contributed by atoms with van der Waals surface area (Å²) >= 11 is 3.47. The van der Waals surface area contributed by atoms with Gasteiger partial charge in [0.2, 0.25) is 0 Å². The Balaban J connectivity index is 1.82. The Hall–Kier alpha value is -3.49. The van der Waals surface area contributed by atoms with E-state index in [1.807, 2.05) is 79.7 Å². The summed E-state index contributed by atoms with van der Waals surface area (Å²) in [6, 6.07) is 23.1. The Labute approximate surface area is 206 Å². The minimum absolute atomic E-state index is 0.184. The van der Waals surface area contributed by atoms with Crippen molar-refractivity contribution in [3.63, 3.8) is 0 Å². The number of methoxy groups -OCH3 is 1. The number of nitrogens with one attached hydrogen (secondary N) is 1. The van der Waals surface area contributed by atoms with Crippen LogP contribution in [0.3, 0.4) is 0 Å². The minimum Gasteiger partial charge on any atom is -0.383 e. The van der Waals surface area contributed by atoms with E-state index in [0.29, 0.717) is 41.3 Å². The third-order valence-corrected chi connectivity index (χ3v) is 6.26. The number of benzene rings is 3. The highest BCUT2D eigenvalue weighted by molar-refractivity contribution is 9.10. The van der Waals surface area contributed by atoms with Crippen LogP contribution in [0.1, 0.15) is 18.8 Å². The minimum atomic E-state index is -0.532. The van der Waals surface area contributed by atoms with Crippen LogP contribution in [0.5, 0.6) is 0 Å². The van der Waals surface area contributed by atoms with E-state index in [9.17, 15) is 9.59 Å². The first kappa shape index (κ1) is 23.7. The molecule has 0 aliphatic heterocycles. The smallest absolute Gasteiger partial charge is 0.322 e. The molecule has 0 saturated heterocycles. The van der Waals surface area contributed by atoms with Gasteiger partial charge in [0.25, 0.3) is 5.56 Å². The maximum absolute atomic E-state index is 13.6. The Morgan fingerprint density at radius 3 is 2.47 bits per heavy atom. The van der Waals surface area contributed by atoms with Crippen molar-refractivity contribution < 1.29 is 9.53 Å². The normalized spacial score (nSPS) is 11.9. The van der Waals surface area contributed by atoms with Crippen molar-refractivity contribution >= 4 is 38.6 Å². The standard InChI is InChI=1S/C26H25BrN4O3/c1-18(30(16-17-34-2)26(33)29-23-15-9-7-13-21(23)27)24-28-22-14-8-6-12-20(22)25(32)31(24)19-10-4-3-5-11-19/h3-15,18H,16-17H2,1-2H3,(H,29,33). The second-order valence-electron chi connectivity index (χ2n) is 7.74. The molecule has 1 N–H and O–H groups in total. The monoisotopic (exact) mass is 520 g/mol. The molecule has 7 nitrogen and oxygen atoms in total. The molecule has 0 aliphatic carbocycles. The fourth-order valence-electron chi connectivity index (χ4n) is 3.81. The van der Waals surface area contributed by atoms with Crippen LogP contribution in [0.2, 0.25) is 0 Å². The molecule has 1 atom stereocenters. The highest BCUT2D eigenvalue weighted by Gasteiger charge is 2.27. The quantitative estimate of drug-likeness (QED) is 0.354. The van der Waals surface area contributed by atoms with Gasteiger partial charge >= 0.3 is 6.03 Å². The molecular weight excluding hydrogens is 496 g/mol. The fraction of sp³-hybridized carbons (Fsp3) is 0.192. The maximum atomic E-state index is 13.6. The van der Waals surface area contributed by atoms with E-state index in [4.69, 9.17) is 9.72 Å². The van der Waals surface area contributed by atoms with Gasteiger partial charge in [-0.05, 0) is 59.3 Å². The van der Waals surface area contributed by atoms with Gasteiger partial charge in [0.1, 0.15) is 5.82 Å². The van der Waals surface area contributed by atoms with Crippen LogP contribution in [0.15, 0.2) is 88.1 Å². The Bertz CT molecular complexity index is 1360. The number of rotatable bonds is 7. The van der Waals surface area contributed by atoms with Crippen LogP contribution in [0.25, 0.3) is 16.6 Å². The van der Waals surface area contributed by atoms with E-state index in [1.165, 1.54) is 0 Å². The van der Waals surface area contributed by atoms with Crippen molar-refractivity contribution in [3.8, 4) is 5.69 Å². The fourth-order valence-corrected chi connectivity index (χ4v) is 4.19. The van der Waals surface area contributed by atoms with Crippen molar-refractivity contribution in [3.05, 3.63) is 99.5 Å². The van der Waals surface area contributed by atoms with Gasteiger partial charge in [-0.15, -0.1) is 0 Å².